The number of carbonyl (C=O) groups excluding carboxylic acids is 1. The molecule has 122 valence electrons. The van der Waals surface area contributed by atoms with E-state index in [2.05, 4.69) is 4.90 Å². The number of aliphatic hydroxyl groups is 1. The van der Waals surface area contributed by atoms with Gasteiger partial charge in [-0.2, -0.15) is 0 Å². The summed E-state index contributed by atoms with van der Waals surface area (Å²) in [6, 6.07) is 3.17. The van der Waals surface area contributed by atoms with Crippen LogP contribution in [0.3, 0.4) is 0 Å². The van der Waals surface area contributed by atoms with Crippen LogP contribution >= 0.6 is 0 Å². The zero-order valence-corrected chi connectivity index (χ0v) is 13.0. The molecule has 0 amide bonds. The number of ether oxygens (including phenoxy) is 2. The van der Waals surface area contributed by atoms with Crippen molar-refractivity contribution >= 4 is 5.97 Å². The third-order valence-electron chi connectivity index (χ3n) is 5.20. The Labute approximate surface area is 133 Å². The van der Waals surface area contributed by atoms with E-state index < -0.39 is 18.2 Å². The lowest BCUT2D eigenvalue weighted by atomic mass is 9.74. The van der Waals surface area contributed by atoms with E-state index in [-0.39, 0.29) is 23.5 Å². The monoisotopic (exact) mass is 317 g/mol. The highest BCUT2D eigenvalue weighted by atomic mass is 16.6. The van der Waals surface area contributed by atoms with Crippen molar-refractivity contribution in [2.24, 2.45) is 0 Å². The van der Waals surface area contributed by atoms with Gasteiger partial charge in [0, 0.05) is 18.5 Å². The van der Waals surface area contributed by atoms with E-state index in [1.807, 2.05) is 13.1 Å². The first-order valence-electron chi connectivity index (χ1n) is 7.72. The van der Waals surface area contributed by atoms with Crippen molar-refractivity contribution in [1.29, 1.82) is 0 Å². The minimum Gasteiger partial charge on any atom is -0.504 e. The number of hydrogen-bond donors (Lipinski definition) is 2. The lowest BCUT2D eigenvalue weighted by Gasteiger charge is -2.43. The van der Waals surface area contributed by atoms with Gasteiger partial charge in [0.1, 0.15) is 12.2 Å². The minimum absolute atomic E-state index is 0.00839. The van der Waals surface area contributed by atoms with E-state index in [4.69, 9.17) is 9.47 Å². The van der Waals surface area contributed by atoms with Crippen LogP contribution in [0.2, 0.25) is 0 Å². The maximum atomic E-state index is 12.3. The molecule has 0 radical (unpaired) electrons. The lowest BCUT2D eigenvalue weighted by molar-refractivity contribution is -0.0337. The minimum atomic E-state index is -0.820. The van der Waals surface area contributed by atoms with Gasteiger partial charge >= 0.3 is 5.97 Å². The normalized spacial score (nSPS) is 32.5. The summed E-state index contributed by atoms with van der Waals surface area (Å²) in [6.45, 7) is 0.901. The summed E-state index contributed by atoms with van der Waals surface area (Å²) in [6.07, 6.45) is 1.26. The summed E-state index contributed by atoms with van der Waals surface area (Å²) in [5.74, 6) is -0.449. The highest BCUT2D eigenvalue weighted by Crippen LogP contribution is 2.47. The fraction of sp³-hybridized carbons (Fsp3) is 0.471. The number of aliphatic hydroxyl groups excluding tert-OH is 1. The quantitative estimate of drug-likeness (QED) is 0.595. The Balaban J connectivity index is 1.90. The number of aromatic hydroxyl groups is 1. The van der Waals surface area contributed by atoms with Crippen LogP contribution in [0.25, 0.3) is 0 Å². The number of esters is 1. The van der Waals surface area contributed by atoms with Crippen molar-refractivity contribution in [2.75, 3.05) is 20.7 Å². The number of fused-ring (bicyclic) bond motifs is 5. The molecule has 0 spiro atoms. The fourth-order valence-electron chi connectivity index (χ4n) is 4.15. The predicted octanol–water partition coefficient (Wildman–Crippen LogP) is 1.03. The van der Waals surface area contributed by atoms with Gasteiger partial charge in [0.2, 0.25) is 0 Å². The van der Waals surface area contributed by atoms with Gasteiger partial charge in [-0.25, -0.2) is 4.79 Å². The average molecular weight is 317 g/mol. The highest BCUT2D eigenvalue weighted by Gasteiger charge is 2.50. The van der Waals surface area contributed by atoms with Crippen LogP contribution in [0, 0.1) is 0 Å². The number of phenols is 1. The summed E-state index contributed by atoms with van der Waals surface area (Å²) in [5.41, 5.74) is 2.28. The smallest absolute Gasteiger partial charge is 0.338 e. The Morgan fingerprint density at radius 3 is 2.91 bits per heavy atom. The largest absolute Gasteiger partial charge is 0.504 e. The van der Waals surface area contributed by atoms with Crippen LogP contribution in [-0.2, 0) is 4.74 Å². The molecule has 6 nitrogen and oxygen atoms in total. The highest BCUT2D eigenvalue weighted by molar-refractivity contribution is 5.94. The second-order valence-electron chi connectivity index (χ2n) is 6.41. The number of benzene rings is 1. The maximum absolute atomic E-state index is 12.3. The van der Waals surface area contributed by atoms with Gasteiger partial charge in [-0.05, 0) is 31.2 Å². The standard InChI is InChI=1S/C17H19NO5/c1-18-4-3-8-5-12(20)16-14(15(8)18)9-6-11(19)13(22-2)7-10(9)17(21)23-16/h5-7,12,14-16,19-20H,3-4H2,1-2H3/t12-,14-,15+,16+/m0/s1. The molecule has 1 saturated heterocycles. The Bertz CT molecular complexity index is 713. The molecule has 4 atom stereocenters. The number of phenolic OH excluding ortho intramolecular Hbond substituents is 1. The zero-order chi connectivity index (χ0) is 16.3. The molecular weight excluding hydrogens is 298 g/mol. The topological polar surface area (TPSA) is 79.2 Å². The summed E-state index contributed by atoms with van der Waals surface area (Å²) in [4.78, 5) is 14.5. The third-order valence-corrected chi connectivity index (χ3v) is 5.20. The van der Waals surface area contributed by atoms with Gasteiger partial charge in [-0.15, -0.1) is 0 Å². The number of likely N-dealkylation sites (tertiary alicyclic amines) is 1. The molecule has 0 unspecified atom stereocenters. The first kappa shape index (κ1) is 14.5. The van der Waals surface area contributed by atoms with E-state index in [0.717, 1.165) is 13.0 Å². The second-order valence-corrected chi connectivity index (χ2v) is 6.41. The third kappa shape index (κ3) is 1.98. The number of carbonyl (C=O) groups is 1. The summed E-state index contributed by atoms with van der Waals surface area (Å²) in [5, 5.41) is 20.5. The van der Waals surface area contributed by atoms with E-state index in [1.54, 1.807) is 6.07 Å². The van der Waals surface area contributed by atoms with Gasteiger partial charge < -0.3 is 19.7 Å². The van der Waals surface area contributed by atoms with Crippen molar-refractivity contribution in [3.63, 3.8) is 0 Å². The molecule has 2 aliphatic heterocycles. The molecule has 3 aliphatic rings. The predicted molar refractivity (Wildman–Crippen MR) is 81.7 cm³/mol. The van der Waals surface area contributed by atoms with Crippen LogP contribution in [0.5, 0.6) is 11.5 Å². The van der Waals surface area contributed by atoms with E-state index in [0.29, 0.717) is 11.1 Å². The first-order valence-corrected chi connectivity index (χ1v) is 7.72. The Kier molecular flexibility index (Phi) is 3.14. The van der Waals surface area contributed by atoms with Crippen LogP contribution in [-0.4, -0.2) is 60.0 Å². The molecule has 2 heterocycles. The number of likely N-dealkylation sites (N-methyl/N-ethyl adjacent to an activating group) is 1. The van der Waals surface area contributed by atoms with Crippen molar-refractivity contribution in [3.05, 3.63) is 34.9 Å². The lowest BCUT2D eigenvalue weighted by Crippen LogP contribution is -2.50. The summed E-state index contributed by atoms with van der Waals surface area (Å²) < 4.78 is 10.6. The number of rotatable bonds is 1. The number of nitrogens with zero attached hydrogens (tertiary/aromatic N) is 1. The van der Waals surface area contributed by atoms with Crippen molar-refractivity contribution in [1.82, 2.24) is 4.90 Å². The molecule has 0 saturated carbocycles. The van der Waals surface area contributed by atoms with Gasteiger partial charge in [-0.3, -0.25) is 4.90 Å². The van der Waals surface area contributed by atoms with Gasteiger partial charge in [-0.1, -0.05) is 11.6 Å². The summed E-state index contributed by atoms with van der Waals surface area (Å²) in [7, 11) is 3.47. The molecule has 0 bridgehead atoms. The van der Waals surface area contributed by atoms with Crippen molar-refractivity contribution in [2.45, 2.75) is 30.6 Å². The van der Waals surface area contributed by atoms with Crippen LogP contribution in [0.1, 0.15) is 28.3 Å². The average Bonchev–Trinajstić information content (AvgIpc) is 2.88. The SMILES string of the molecule is COc1cc2c(cc1O)[C@@H]1[C@H](OC2=O)[C@@H](O)C=C2CCN(C)[C@H]21. The van der Waals surface area contributed by atoms with Gasteiger partial charge in [0.15, 0.2) is 11.5 Å². The van der Waals surface area contributed by atoms with Crippen molar-refractivity contribution in [3.8, 4) is 11.5 Å². The van der Waals surface area contributed by atoms with E-state index in [9.17, 15) is 15.0 Å². The molecule has 4 rings (SSSR count). The van der Waals surface area contributed by atoms with Crippen LogP contribution < -0.4 is 4.74 Å². The Hall–Kier alpha value is -2.05. The molecule has 1 aromatic rings. The maximum Gasteiger partial charge on any atom is 0.338 e. The van der Waals surface area contributed by atoms with Crippen LogP contribution in [0.15, 0.2) is 23.8 Å². The number of hydrogen-bond acceptors (Lipinski definition) is 6. The molecule has 0 aromatic heterocycles. The van der Waals surface area contributed by atoms with E-state index >= 15 is 0 Å². The van der Waals surface area contributed by atoms with E-state index in [1.165, 1.54) is 18.7 Å². The van der Waals surface area contributed by atoms with Gasteiger partial charge in [0.05, 0.1) is 12.7 Å². The molecule has 6 heteroatoms. The Morgan fingerprint density at radius 2 is 2.17 bits per heavy atom. The number of methoxy groups -OCH3 is 1. The van der Waals surface area contributed by atoms with Crippen LogP contribution in [0.4, 0.5) is 0 Å². The molecule has 1 aromatic carbocycles. The zero-order valence-electron chi connectivity index (χ0n) is 13.0. The fourth-order valence-corrected chi connectivity index (χ4v) is 4.15. The molecule has 2 N–H and O–H groups in total. The first-order chi connectivity index (χ1) is 11.0. The molecular formula is C17H19NO5. The van der Waals surface area contributed by atoms with Crippen molar-refractivity contribution < 1.29 is 24.5 Å². The second kappa shape index (κ2) is 4.97. The molecule has 1 aliphatic carbocycles. The van der Waals surface area contributed by atoms with Gasteiger partial charge in [0.25, 0.3) is 0 Å². The molecule has 23 heavy (non-hydrogen) atoms. The molecule has 1 fully saturated rings. The Morgan fingerprint density at radius 1 is 1.39 bits per heavy atom. The summed E-state index contributed by atoms with van der Waals surface area (Å²) >= 11 is 0.